The third kappa shape index (κ3) is 4.40. The van der Waals surface area contributed by atoms with Crippen molar-refractivity contribution >= 4 is 33.2 Å². The number of halogens is 1. The van der Waals surface area contributed by atoms with Crippen LogP contribution in [0.1, 0.15) is 29.5 Å². The Bertz CT molecular complexity index is 1000. The van der Waals surface area contributed by atoms with Crippen molar-refractivity contribution < 1.29 is 13.2 Å². The number of aryl methyl sites for hydroxylation is 3. The number of hydrogen-bond donors (Lipinski definition) is 1. The van der Waals surface area contributed by atoms with Crippen molar-refractivity contribution in [3.63, 3.8) is 0 Å². The molecule has 150 valence electrons. The van der Waals surface area contributed by atoms with Crippen LogP contribution in [0.15, 0.2) is 41.3 Å². The number of amides is 1. The molecule has 5 nitrogen and oxygen atoms in total. The highest BCUT2D eigenvalue weighted by molar-refractivity contribution is 7.89. The molecule has 1 N–H and O–H groups in total. The fourth-order valence-electron chi connectivity index (χ4n) is 3.50. The van der Waals surface area contributed by atoms with Crippen LogP contribution in [0.5, 0.6) is 0 Å². The summed E-state index contributed by atoms with van der Waals surface area (Å²) >= 11 is 5.97. The van der Waals surface area contributed by atoms with E-state index < -0.39 is 10.0 Å². The van der Waals surface area contributed by atoms with Gasteiger partial charge in [-0.3, -0.25) is 4.79 Å². The number of hydrogen-bond acceptors (Lipinski definition) is 3. The lowest BCUT2D eigenvalue weighted by molar-refractivity contribution is -0.120. The topological polar surface area (TPSA) is 66.5 Å². The average molecular weight is 421 g/mol. The van der Waals surface area contributed by atoms with Crippen molar-refractivity contribution in [2.24, 2.45) is 5.92 Å². The molecule has 0 aromatic heterocycles. The molecule has 1 heterocycles. The van der Waals surface area contributed by atoms with Gasteiger partial charge in [0.2, 0.25) is 15.9 Å². The second-order valence-electron chi connectivity index (χ2n) is 7.42. The predicted octanol–water partition coefficient (Wildman–Crippen LogP) is 4.30. The van der Waals surface area contributed by atoms with Gasteiger partial charge in [-0.25, -0.2) is 8.42 Å². The summed E-state index contributed by atoms with van der Waals surface area (Å²) in [6.07, 6.45) is 1.32. The Morgan fingerprint density at radius 3 is 2.57 bits per heavy atom. The van der Waals surface area contributed by atoms with Crippen molar-refractivity contribution in [1.29, 1.82) is 0 Å². The minimum atomic E-state index is -3.63. The Morgan fingerprint density at radius 1 is 1.11 bits per heavy atom. The van der Waals surface area contributed by atoms with Crippen molar-refractivity contribution in [3.8, 4) is 0 Å². The van der Waals surface area contributed by atoms with Gasteiger partial charge in [0, 0.05) is 23.8 Å². The van der Waals surface area contributed by atoms with Gasteiger partial charge in [0.1, 0.15) is 0 Å². The van der Waals surface area contributed by atoms with Gasteiger partial charge in [-0.05, 0) is 74.6 Å². The molecule has 0 radical (unpaired) electrons. The van der Waals surface area contributed by atoms with E-state index in [-0.39, 0.29) is 18.4 Å². The number of nitrogens with zero attached hydrogens (tertiary/aromatic N) is 1. The summed E-state index contributed by atoms with van der Waals surface area (Å²) in [6, 6.07) is 10.7. The zero-order valence-electron chi connectivity index (χ0n) is 16.3. The van der Waals surface area contributed by atoms with Crippen LogP contribution in [0.25, 0.3) is 0 Å². The van der Waals surface area contributed by atoms with Gasteiger partial charge < -0.3 is 5.32 Å². The zero-order chi connectivity index (χ0) is 20.5. The van der Waals surface area contributed by atoms with Crippen molar-refractivity contribution in [1.82, 2.24) is 4.31 Å². The molecule has 3 rings (SSSR count). The fourth-order valence-corrected chi connectivity index (χ4v) is 5.56. The molecule has 0 spiro atoms. The molecule has 0 bridgehead atoms. The van der Waals surface area contributed by atoms with Crippen LogP contribution in [0, 0.1) is 26.7 Å². The molecule has 2 aromatic carbocycles. The predicted molar refractivity (Wildman–Crippen MR) is 112 cm³/mol. The van der Waals surface area contributed by atoms with Gasteiger partial charge in [-0.15, -0.1) is 0 Å². The molecule has 7 heteroatoms. The van der Waals surface area contributed by atoms with E-state index in [1.807, 2.05) is 26.0 Å². The largest absolute Gasteiger partial charge is 0.326 e. The summed E-state index contributed by atoms with van der Waals surface area (Å²) in [5.74, 6) is -0.546. The van der Waals surface area contributed by atoms with Gasteiger partial charge in [0.15, 0.2) is 0 Å². The first kappa shape index (κ1) is 20.8. The molecular formula is C21H25ClN2O3S. The quantitative estimate of drug-likeness (QED) is 0.801. The number of sulfonamides is 1. The monoisotopic (exact) mass is 420 g/mol. The first-order valence-electron chi connectivity index (χ1n) is 9.33. The highest BCUT2D eigenvalue weighted by Crippen LogP contribution is 2.28. The first-order chi connectivity index (χ1) is 13.2. The lowest BCUT2D eigenvalue weighted by atomic mass is 9.98. The number of carbonyl (C=O) groups is 1. The highest BCUT2D eigenvalue weighted by atomic mass is 35.5. The maximum atomic E-state index is 13.2. The normalized spacial score (nSPS) is 18.1. The number of benzene rings is 2. The van der Waals surface area contributed by atoms with E-state index in [1.165, 1.54) is 4.31 Å². The molecule has 1 atom stereocenters. The van der Waals surface area contributed by atoms with Crippen LogP contribution >= 0.6 is 11.6 Å². The SMILES string of the molecule is Cc1ccc(C)c(S(=O)(=O)N2CCC[C@H](C(=O)Nc3ccc(Cl)cc3C)C2)c1. The number of anilines is 1. The Morgan fingerprint density at radius 2 is 1.86 bits per heavy atom. The van der Waals surface area contributed by atoms with E-state index in [0.29, 0.717) is 40.6 Å². The molecular weight excluding hydrogens is 396 g/mol. The lowest BCUT2D eigenvalue weighted by Crippen LogP contribution is -2.43. The van der Waals surface area contributed by atoms with Crippen molar-refractivity contribution in [2.45, 2.75) is 38.5 Å². The van der Waals surface area contributed by atoms with Crippen LogP contribution < -0.4 is 5.32 Å². The first-order valence-corrected chi connectivity index (χ1v) is 11.1. The molecule has 2 aromatic rings. The highest BCUT2D eigenvalue weighted by Gasteiger charge is 2.34. The van der Waals surface area contributed by atoms with Gasteiger partial charge >= 0.3 is 0 Å². The smallest absolute Gasteiger partial charge is 0.243 e. The maximum Gasteiger partial charge on any atom is 0.243 e. The number of nitrogens with one attached hydrogen (secondary N) is 1. The molecule has 1 aliphatic heterocycles. The Hall–Kier alpha value is -1.89. The molecule has 1 fully saturated rings. The van der Waals surface area contributed by atoms with Crippen LogP contribution in [0.3, 0.4) is 0 Å². The Kier molecular flexibility index (Phi) is 6.12. The van der Waals surface area contributed by atoms with Crippen LogP contribution in [-0.2, 0) is 14.8 Å². The van der Waals surface area contributed by atoms with E-state index in [4.69, 9.17) is 11.6 Å². The summed E-state index contributed by atoms with van der Waals surface area (Å²) in [4.78, 5) is 13.1. The van der Waals surface area contributed by atoms with E-state index >= 15 is 0 Å². The van der Waals surface area contributed by atoms with Crippen molar-refractivity contribution in [3.05, 3.63) is 58.1 Å². The summed E-state index contributed by atoms with van der Waals surface area (Å²) < 4.78 is 27.8. The van der Waals surface area contributed by atoms with E-state index in [1.54, 1.807) is 31.2 Å². The van der Waals surface area contributed by atoms with E-state index in [9.17, 15) is 13.2 Å². The summed E-state index contributed by atoms with van der Waals surface area (Å²) in [5, 5.41) is 3.53. The van der Waals surface area contributed by atoms with Gasteiger partial charge in [0.05, 0.1) is 10.8 Å². The molecule has 0 unspecified atom stereocenters. The Balaban J connectivity index is 1.78. The van der Waals surface area contributed by atoms with Crippen molar-refractivity contribution in [2.75, 3.05) is 18.4 Å². The third-order valence-corrected chi connectivity index (χ3v) is 7.40. The number of carbonyl (C=O) groups excluding carboxylic acids is 1. The third-order valence-electron chi connectivity index (χ3n) is 5.16. The molecule has 0 aliphatic carbocycles. The van der Waals surface area contributed by atoms with Gasteiger partial charge in [0.25, 0.3) is 0 Å². The van der Waals surface area contributed by atoms with E-state index in [2.05, 4.69) is 5.32 Å². The minimum absolute atomic E-state index is 0.161. The minimum Gasteiger partial charge on any atom is -0.326 e. The molecule has 1 saturated heterocycles. The zero-order valence-corrected chi connectivity index (χ0v) is 17.9. The van der Waals surface area contributed by atoms with E-state index in [0.717, 1.165) is 11.1 Å². The van der Waals surface area contributed by atoms with Crippen LogP contribution in [-0.4, -0.2) is 31.7 Å². The summed E-state index contributed by atoms with van der Waals surface area (Å²) in [6.45, 7) is 6.16. The second-order valence-corrected chi connectivity index (χ2v) is 9.76. The summed E-state index contributed by atoms with van der Waals surface area (Å²) in [7, 11) is -3.63. The molecule has 1 aliphatic rings. The molecule has 1 amide bonds. The Labute approximate surface area is 171 Å². The number of piperidine rings is 1. The van der Waals surface area contributed by atoms with Crippen LogP contribution in [0.4, 0.5) is 5.69 Å². The van der Waals surface area contributed by atoms with Gasteiger partial charge in [-0.1, -0.05) is 23.7 Å². The molecule has 28 heavy (non-hydrogen) atoms. The maximum absolute atomic E-state index is 13.2. The van der Waals surface area contributed by atoms with Gasteiger partial charge in [-0.2, -0.15) is 4.31 Å². The summed E-state index contributed by atoms with van der Waals surface area (Å²) in [5.41, 5.74) is 3.18. The second kappa shape index (κ2) is 8.23. The molecule has 0 saturated carbocycles. The van der Waals surface area contributed by atoms with Crippen LogP contribution in [0.2, 0.25) is 5.02 Å². The standard InChI is InChI=1S/C21H25ClN2O3S/c1-14-6-7-15(2)20(11-14)28(26,27)24-10-4-5-17(13-24)21(25)23-19-9-8-18(22)12-16(19)3/h6-9,11-12,17H,4-5,10,13H2,1-3H3,(H,23,25)/t17-/m0/s1. The lowest BCUT2D eigenvalue weighted by Gasteiger charge is -2.31. The number of rotatable bonds is 4. The average Bonchev–Trinajstić information content (AvgIpc) is 2.66. The fraction of sp³-hybridized carbons (Fsp3) is 0.381.